The smallest absolute Gasteiger partial charge is 0.254 e. The van der Waals surface area contributed by atoms with Crippen LogP contribution in [0.2, 0.25) is 0 Å². The molecule has 0 atom stereocenters. The molecule has 0 unspecified atom stereocenters. The van der Waals surface area contributed by atoms with Gasteiger partial charge in [0.15, 0.2) is 5.13 Å². The van der Waals surface area contributed by atoms with Gasteiger partial charge in [-0.3, -0.25) is 14.6 Å². The monoisotopic (exact) mass is 410 g/mol. The van der Waals surface area contributed by atoms with E-state index in [4.69, 9.17) is 11.0 Å². The first kappa shape index (κ1) is 21.8. The van der Waals surface area contributed by atoms with Gasteiger partial charge in [-0.2, -0.15) is 5.26 Å². The minimum absolute atomic E-state index is 0.168. The van der Waals surface area contributed by atoms with E-state index < -0.39 is 11.8 Å². The van der Waals surface area contributed by atoms with E-state index in [-0.39, 0.29) is 17.7 Å². The highest BCUT2D eigenvalue weighted by molar-refractivity contribution is 7.14. The van der Waals surface area contributed by atoms with E-state index in [1.807, 2.05) is 26.8 Å². The molecule has 2 rings (SSSR count). The van der Waals surface area contributed by atoms with Crippen LogP contribution in [0.5, 0.6) is 0 Å². The van der Waals surface area contributed by atoms with Crippen molar-refractivity contribution in [1.82, 2.24) is 10.3 Å². The minimum atomic E-state index is -0.496. The molecule has 4 N–H and O–H groups in total. The van der Waals surface area contributed by atoms with Gasteiger partial charge in [0.2, 0.25) is 5.91 Å². The van der Waals surface area contributed by atoms with Crippen LogP contribution in [0.4, 0.5) is 5.13 Å². The van der Waals surface area contributed by atoms with Crippen LogP contribution in [-0.4, -0.2) is 35.1 Å². The molecule has 1 aromatic heterocycles. The third-order valence-corrected chi connectivity index (χ3v) is 4.24. The average Bonchev–Trinajstić information content (AvgIpc) is 3.14. The first-order valence-electron chi connectivity index (χ1n) is 8.73. The van der Waals surface area contributed by atoms with Crippen molar-refractivity contribution in [3.8, 4) is 17.3 Å². The summed E-state index contributed by atoms with van der Waals surface area (Å²) in [6, 6.07) is 9.11. The van der Waals surface area contributed by atoms with Gasteiger partial charge in [-0.1, -0.05) is 12.1 Å². The van der Waals surface area contributed by atoms with Crippen molar-refractivity contribution in [2.75, 3.05) is 11.9 Å². The summed E-state index contributed by atoms with van der Waals surface area (Å²) in [5.74, 6) is -0.919. The Bertz CT molecular complexity index is 995. The zero-order valence-electron chi connectivity index (χ0n) is 16.4. The number of hydrogen-bond donors (Lipinski definition) is 3. The summed E-state index contributed by atoms with van der Waals surface area (Å²) >= 11 is 1.25. The molecule has 1 heterocycles. The van der Waals surface area contributed by atoms with Crippen molar-refractivity contribution < 1.29 is 9.59 Å². The molecule has 0 saturated carbocycles. The van der Waals surface area contributed by atoms with E-state index in [1.54, 1.807) is 23.6 Å². The van der Waals surface area contributed by atoms with Crippen molar-refractivity contribution in [2.45, 2.75) is 26.3 Å². The van der Waals surface area contributed by atoms with Crippen LogP contribution in [-0.2, 0) is 9.59 Å². The number of rotatable bonds is 6. The fourth-order valence-electron chi connectivity index (χ4n) is 2.08. The van der Waals surface area contributed by atoms with E-state index >= 15 is 0 Å². The van der Waals surface area contributed by atoms with Crippen molar-refractivity contribution in [3.63, 3.8) is 0 Å². The zero-order valence-corrected chi connectivity index (χ0v) is 17.2. The number of aliphatic imine (C=N–C) groups is 1. The lowest BCUT2D eigenvalue weighted by molar-refractivity contribution is -0.121. The molecule has 0 aliphatic carbocycles. The lowest BCUT2D eigenvalue weighted by atomic mass is 10.1. The predicted octanol–water partition coefficient (Wildman–Crippen LogP) is 2.45. The van der Waals surface area contributed by atoms with Crippen molar-refractivity contribution in [2.24, 2.45) is 10.7 Å². The maximum atomic E-state index is 12.1. The fourth-order valence-corrected chi connectivity index (χ4v) is 2.81. The Hall–Kier alpha value is -3.51. The Morgan fingerprint density at radius 1 is 1.38 bits per heavy atom. The molecule has 8 nitrogen and oxygen atoms in total. The van der Waals surface area contributed by atoms with Gasteiger partial charge in [0, 0.05) is 23.4 Å². The number of anilines is 1. The van der Waals surface area contributed by atoms with Gasteiger partial charge in [0.25, 0.3) is 5.91 Å². The van der Waals surface area contributed by atoms with Crippen molar-refractivity contribution in [1.29, 1.82) is 5.26 Å². The molecule has 29 heavy (non-hydrogen) atoms. The molecule has 150 valence electrons. The molecule has 2 amide bonds. The van der Waals surface area contributed by atoms with E-state index in [0.29, 0.717) is 16.4 Å². The highest BCUT2D eigenvalue weighted by Crippen LogP contribution is 2.25. The molecule has 0 bridgehead atoms. The molecule has 0 spiro atoms. The first-order chi connectivity index (χ1) is 13.7. The predicted molar refractivity (Wildman–Crippen MR) is 114 cm³/mol. The number of carbonyl (C=O) groups excluding carboxylic acids is 2. The van der Waals surface area contributed by atoms with Crippen LogP contribution in [0, 0.1) is 11.3 Å². The number of benzene rings is 1. The van der Waals surface area contributed by atoms with Gasteiger partial charge in [0.1, 0.15) is 0 Å². The maximum absolute atomic E-state index is 12.1. The molecule has 0 radical (unpaired) electrons. The van der Waals surface area contributed by atoms with Crippen molar-refractivity contribution >= 4 is 34.5 Å². The summed E-state index contributed by atoms with van der Waals surface area (Å²) in [6.45, 7) is 5.43. The summed E-state index contributed by atoms with van der Waals surface area (Å²) in [5, 5.41) is 16.3. The number of aromatic nitrogens is 1. The van der Waals surface area contributed by atoms with E-state index in [0.717, 1.165) is 11.8 Å². The lowest BCUT2D eigenvalue weighted by Gasteiger charge is -2.11. The highest BCUT2D eigenvalue weighted by Gasteiger charge is 2.13. The Labute approximate surface area is 173 Å². The first-order valence-corrected chi connectivity index (χ1v) is 9.61. The number of carbonyl (C=O) groups is 2. The van der Waals surface area contributed by atoms with E-state index in [9.17, 15) is 9.59 Å². The number of nitrogens with two attached hydrogens (primary N) is 1. The fraction of sp³-hybridized carbons (Fsp3) is 0.250. The molecule has 2 aromatic rings. The third-order valence-electron chi connectivity index (χ3n) is 3.48. The van der Waals surface area contributed by atoms with E-state index in [1.165, 1.54) is 17.6 Å². The molecular weight excluding hydrogens is 388 g/mol. The topological polar surface area (TPSA) is 133 Å². The highest BCUT2D eigenvalue weighted by atomic mass is 32.1. The Balaban J connectivity index is 1.93. The summed E-state index contributed by atoms with van der Waals surface area (Å²) < 4.78 is 0. The number of nitrogens with zero attached hydrogens (tertiary/aromatic N) is 3. The number of thiazole rings is 1. The Morgan fingerprint density at radius 2 is 2.14 bits per heavy atom. The minimum Gasteiger partial charge on any atom is -0.404 e. The molecule has 0 aliphatic heterocycles. The van der Waals surface area contributed by atoms with Crippen LogP contribution in [0.3, 0.4) is 0 Å². The number of amides is 2. The quantitative estimate of drug-likeness (QED) is 0.497. The molecule has 1 aromatic carbocycles. The summed E-state index contributed by atoms with van der Waals surface area (Å²) in [4.78, 5) is 32.8. The number of nitrogens with one attached hydrogen (secondary N) is 2. The van der Waals surface area contributed by atoms with Gasteiger partial charge in [-0.25, -0.2) is 4.98 Å². The van der Waals surface area contributed by atoms with Gasteiger partial charge < -0.3 is 16.4 Å². The molecule has 0 aliphatic rings. The second-order valence-electron chi connectivity index (χ2n) is 7.01. The Kier molecular flexibility index (Phi) is 7.22. The van der Waals surface area contributed by atoms with E-state index in [2.05, 4.69) is 26.7 Å². The zero-order chi connectivity index (χ0) is 21.4. The van der Waals surface area contributed by atoms with Crippen LogP contribution in [0.1, 0.15) is 26.3 Å². The molecular formula is C20H22N6O2S. The molecule has 0 fully saturated rings. The largest absolute Gasteiger partial charge is 0.404 e. The van der Waals surface area contributed by atoms with Crippen LogP contribution < -0.4 is 16.4 Å². The summed E-state index contributed by atoms with van der Waals surface area (Å²) in [7, 11) is 0. The van der Waals surface area contributed by atoms with Crippen molar-refractivity contribution in [3.05, 3.63) is 47.0 Å². The standard InChI is InChI=1S/C20H22N6O2S/c1-20(2,3)24-10-15(9-22)18(28)23-11-17(27)26-19-25-16(12-29-19)14-6-4-5-13(7-14)8-21/h4-7,9-10,12H,11,22H2,1-3H3,(H,23,28)(H,25,26,27)/b15-9+,24-10?. The average molecular weight is 411 g/mol. The summed E-state index contributed by atoms with van der Waals surface area (Å²) in [6.07, 6.45) is 2.53. The SMILES string of the molecule is CC(C)(C)N=C/C(=C\N)C(=O)NCC(=O)Nc1nc(-c2cccc(C#N)c2)cs1. The number of hydrogen-bond acceptors (Lipinski definition) is 7. The van der Waals surface area contributed by atoms with Crippen LogP contribution in [0.25, 0.3) is 11.3 Å². The molecule has 0 saturated heterocycles. The van der Waals surface area contributed by atoms with Gasteiger partial charge in [-0.05, 0) is 32.9 Å². The van der Waals surface area contributed by atoms with Gasteiger partial charge >= 0.3 is 0 Å². The second-order valence-corrected chi connectivity index (χ2v) is 7.87. The van der Waals surface area contributed by atoms with Gasteiger partial charge in [0.05, 0.1) is 35.0 Å². The van der Waals surface area contributed by atoms with Gasteiger partial charge in [-0.15, -0.1) is 11.3 Å². The maximum Gasteiger partial charge on any atom is 0.254 e. The van der Waals surface area contributed by atoms with Crippen LogP contribution in [0.15, 0.2) is 46.4 Å². The van der Waals surface area contributed by atoms with Crippen LogP contribution >= 0.6 is 11.3 Å². The lowest BCUT2D eigenvalue weighted by Crippen LogP contribution is -2.34. The third kappa shape index (κ3) is 6.86. The second kappa shape index (κ2) is 9.61. The molecule has 9 heteroatoms. The normalized spacial score (nSPS) is 11.9. The number of nitriles is 1. The Morgan fingerprint density at radius 3 is 2.79 bits per heavy atom. The summed E-state index contributed by atoms with van der Waals surface area (Å²) in [5.41, 5.74) is 7.25.